The Bertz CT molecular complexity index is 481. The van der Waals surface area contributed by atoms with Gasteiger partial charge in [-0.3, -0.25) is 0 Å². The van der Waals surface area contributed by atoms with Gasteiger partial charge in [0.2, 0.25) is 5.27 Å². The number of thioether (sulfide) groups is 1. The van der Waals surface area contributed by atoms with Crippen molar-refractivity contribution in [2.45, 2.75) is 44.6 Å². The molecule has 1 unspecified atom stereocenters. The number of carbonyl (C=O) groups excluding carboxylic acids is 1. The number of carbonyl (C=O) groups is 1. The largest absolute Gasteiger partial charge is 0.588 e. The van der Waals surface area contributed by atoms with Crippen molar-refractivity contribution in [3.8, 4) is 0 Å². The zero-order chi connectivity index (χ0) is 14.7. The second kappa shape index (κ2) is 6.68. The zero-order valence-electron chi connectivity index (χ0n) is 12.4. The molecule has 1 amide bonds. The second-order valence-electron chi connectivity index (χ2n) is 5.84. The molecule has 116 valence electrons. The molecule has 0 radical (unpaired) electrons. The third-order valence-electron chi connectivity index (χ3n) is 4.38. The average molecular weight is 310 g/mol. The lowest BCUT2D eigenvalue weighted by molar-refractivity contribution is -0.758. The van der Waals surface area contributed by atoms with E-state index in [1.54, 1.807) is 11.0 Å². The van der Waals surface area contributed by atoms with Gasteiger partial charge in [0, 0.05) is 11.7 Å². The summed E-state index contributed by atoms with van der Waals surface area (Å²) in [5, 5.41) is 10.1. The van der Waals surface area contributed by atoms with Crippen LogP contribution in [0.25, 0.3) is 5.32 Å². The predicted octanol–water partition coefficient (Wildman–Crippen LogP) is 2.15. The lowest BCUT2D eigenvalue weighted by Crippen LogP contribution is -2.61. The van der Waals surface area contributed by atoms with Crippen LogP contribution in [-0.4, -0.2) is 35.8 Å². The number of aromatic nitrogens is 2. The molecule has 1 aliphatic heterocycles. The molecule has 2 aliphatic rings. The fourth-order valence-corrected chi connectivity index (χ4v) is 4.22. The molecular weight excluding hydrogens is 288 g/mol. The number of rotatable bonds is 4. The molecule has 0 bridgehead atoms. The van der Waals surface area contributed by atoms with Gasteiger partial charge in [0.05, 0.1) is 23.8 Å². The maximum atomic E-state index is 12.1. The van der Waals surface area contributed by atoms with Gasteiger partial charge in [-0.05, 0) is 25.0 Å². The van der Waals surface area contributed by atoms with Crippen molar-refractivity contribution in [2.75, 3.05) is 23.6 Å². The minimum atomic E-state index is -0.0583. The summed E-state index contributed by atoms with van der Waals surface area (Å²) in [5.41, 5.74) is 0. The molecular formula is C14H22N4O2S. The number of amides is 1. The summed E-state index contributed by atoms with van der Waals surface area (Å²) < 4.78 is 5.18. The van der Waals surface area contributed by atoms with Crippen LogP contribution < -0.4 is 9.80 Å². The Morgan fingerprint density at radius 3 is 2.95 bits per heavy atom. The monoisotopic (exact) mass is 310 g/mol. The first-order chi connectivity index (χ1) is 10.2. The molecule has 0 aromatic carbocycles. The Balaban J connectivity index is 1.57. The Kier molecular flexibility index (Phi) is 4.67. The van der Waals surface area contributed by atoms with E-state index in [0.717, 1.165) is 37.9 Å². The number of hydrogen-bond donors (Lipinski definition) is 0. The summed E-state index contributed by atoms with van der Waals surface area (Å²) in [4.78, 5) is 13.8. The molecule has 2 fully saturated rings. The van der Waals surface area contributed by atoms with E-state index < -0.39 is 0 Å². The summed E-state index contributed by atoms with van der Waals surface area (Å²) in [6.45, 7) is 0. The van der Waals surface area contributed by atoms with Gasteiger partial charge >= 0.3 is 0 Å². The van der Waals surface area contributed by atoms with Gasteiger partial charge in [-0.25, -0.2) is 0 Å². The zero-order valence-corrected chi connectivity index (χ0v) is 13.2. The Hall–Kier alpha value is -1.24. The Morgan fingerprint density at radius 1 is 1.43 bits per heavy atom. The molecule has 21 heavy (non-hydrogen) atoms. The summed E-state index contributed by atoms with van der Waals surface area (Å²) in [7, 11) is 1.99. The van der Waals surface area contributed by atoms with E-state index in [0.29, 0.717) is 11.9 Å². The van der Waals surface area contributed by atoms with Crippen LogP contribution >= 0.6 is 11.8 Å². The molecule has 7 heteroatoms. The lowest BCUT2D eigenvalue weighted by atomic mass is 9.89. The van der Waals surface area contributed by atoms with Gasteiger partial charge in [-0.1, -0.05) is 19.3 Å². The third kappa shape index (κ3) is 3.51. The van der Waals surface area contributed by atoms with Gasteiger partial charge in [-0.2, -0.15) is 16.8 Å². The third-order valence-corrected chi connectivity index (χ3v) is 5.52. The Labute approximate surface area is 129 Å². The minimum Gasteiger partial charge on any atom is -0.588 e. The molecule has 6 nitrogen and oxygen atoms in total. The molecule has 1 atom stereocenters. The van der Waals surface area contributed by atoms with Crippen molar-refractivity contribution in [1.29, 1.82) is 0 Å². The van der Waals surface area contributed by atoms with Crippen LogP contribution in [0.1, 0.15) is 38.5 Å². The summed E-state index contributed by atoms with van der Waals surface area (Å²) in [6, 6.07) is 0.465. The topological polar surface area (TPSA) is 64.3 Å². The van der Waals surface area contributed by atoms with E-state index >= 15 is 0 Å². The van der Waals surface area contributed by atoms with Crippen molar-refractivity contribution in [1.82, 2.24) is 5.27 Å². The lowest BCUT2D eigenvalue weighted by Gasteiger charge is -2.26. The van der Waals surface area contributed by atoms with Crippen LogP contribution in [0.4, 0.5) is 5.88 Å². The van der Waals surface area contributed by atoms with E-state index in [1.165, 1.54) is 12.2 Å². The number of hydrogen-bond acceptors (Lipinski definition) is 5. The maximum absolute atomic E-state index is 12.1. The molecule has 3 rings (SSSR count). The maximum Gasteiger partial charge on any atom is 0.257 e. The van der Waals surface area contributed by atoms with Crippen molar-refractivity contribution < 1.29 is 14.1 Å². The van der Waals surface area contributed by atoms with Crippen LogP contribution in [-0.2, 0) is 4.79 Å². The van der Waals surface area contributed by atoms with Crippen molar-refractivity contribution in [2.24, 2.45) is 5.92 Å². The fourth-order valence-electron chi connectivity index (χ4n) is 2.96. The number of nitrogens with zero attached hydrogens (tertiary/aromatic N) is 4. The highest BCUT2D eigenvalue weighted by molar-refractivity contribution is 7.99. The van der Waals surface area contributed by atoms with E-state index in [2.05, 4.69) is 10.6 Å². The van der Waals surface area contributed by atoms with Gasteiger partial charge < -0.3 is 14.6 Å². The van der Waals surface area contributed by atoms with E-state index in [9.17, 15) is 4.79 Å². The van der Waals surface area contributed by atoms with Gasteiger partial charge in [-0.15, -0.1) is 0 Å². The van der Waals surface area contributed by atoms with Gasteiger partial charge in [0.1, 0.15) is 5.88 Å². The van der Waals surface area contributed by atoms with Crippen molar-refractivity contribution in [3.63, 3.8) is 0 Å². The minimum absolute atomic E-state index is 0.0583. The smallest absolute Gasteiger partial charge is 0.257 e. The Morgan fingerprint density at radius 2 is 2.24 bits per heavy atom. The summed E-state index contributed by atoms with van der Waals surface area (Å²) in [6.07, 6.45) is 8.24. The molecule has 1 saturated carbocycles. The highest BCUT2D eigenvalue weighted by Crippen LogP contribution is 2.29. The predicted molar refractivity (Wildman–Crippen MR) is 81.2 cm³/mol. The van der Waals surface area contributed by atoms with E-state index in [4.69, 9.17) is 4.52 Å². The molecule has 1 aromatic rings. The first-order valence-electron chi connectivity index (χ1n) is 7.69. The van der Waals surface area contributed by atoms with Crippen LogP contribution in [0, 0.1) is 5.92 Å². The normalized spacial score (nSPS) is 23.2. The molecule has 2 heterocycles. The standard InChI is InChI=1S/C14H22N4O2S/c1-17(12-7-8-21-10-12)18-9-13(20-16-18)15-14(19)11-5-3-2-4-6-11/h9,11-12H,2-8,10H2,1H3. The SMILES string of the molecule is CN(C1CCSC1)[n+]1cc([N-]C(=O)C2CCCCC2)on1. The first kappa shape index (κ1) is 14.7. The van der Waals surface area contributed by atoms with E-state index in [-0.39, 0.29) is 11.8 Å². The first-order valence-corrected chi connectivity index (χ1v) is 8.84. The van der Waals surface area contributed by atoms with Gasteiger partial charge in [0.25, 0.3) is 6.20 Å². The summed E-state index contributed by atoms with van der Waals surface area (Å²) >= 11 is 1.95. The highest BCUT2D eigenvalue weighted by Gasteiger charge is 2.27. The second-order valence-corrected chi connectivity index (χ2v) is 6.99. The van der Waals surface area contributed by atoms with Crippen LogP contribution in [0.2, 0.25) is 0 Å². The average Bonchev–Trinajstić information content (AvgIpc) is 3.19. The van der Waals surface area contributed by atoms with Crippen LogP contribution in [0.15, 0.2) is 10.7 Å². The quantitative estimate of drug-likeness (QED) is 0.797. The van der Waals surface area contributed by atoms with E-state index in [1.807, 2.05) is 23.8 Å². The van der Waals surface area contributed by atoms with Crippen LogP contribution in [0.5, 0.6) is 0 Å². The van der Waals surface area contributed by atoms with Crippen molar-refractivity contribution >= 4 is 23.6 Å². The molecule has 0 spiro atoms. The summed E-state index contributed by atoms with van der Waals surface area (Å²) in [5.74, 6) is 2.61. The highest BCUT2D eigenvalue weighted by atomic mass is 32.2. The van der Waals surface area contributed by atoms with Crippen LogP contribution in [0.3, 0.4) is 0 Å². The molecule has 0 N–H and O–H groups in total. The fraction of sp³-hybridized carbons (Fsp3) is 0.786. The molecule has 1 saturated heterocycles. The molecule has 1 aromatic heterocycles. The van der Waals surface area contributed by atoms with Crippen molar-refractivity contribution in [3.05, 3.63) is 11.5 Å². The molecule has 1 aliphatic carbocycles. The van der Waals surface area contributed by atoms with Gasteiger partial charge in [0.15, 0.2) is 0 Å².